The van der Waals surface area contributed by atoms with Gasteiger partial charge in [0, 0.05) is 13.1 Å². The lowest BCUT2D eigenvalue weighted by molar-refractivity contribution is -0.143. The maximum Gasteiger partial charge on any atom is 0.416 e. The monoisotopic (exact) mass is 546 g/mol. The molecule has 0 spiro atoms. The molecule has 2 aromatic rings. The molecule has 0 saturated heterocycles. The van der Waals surface area contributed by atoms with Gasteiger partial charge in [0.05, 0.1) is 30.0 Å². The van der Waals surface area contributed by atoms with Crippen LogP contribution in [0.4, 0.5) is 41.6 Å². The summed E-state index contributed by atoms with van der Waals surface area (Å²) in [5.74, 6) is 0. The van der Waals surface area contributed by atoms with Crippen LogP contribution in [-0.4, -0.2) is 35.3 Å². The minimum Gasteiger partial charge on any atom is -0.465 e. The molecule has 0 radical (unpaired) electrons. The van der Waals surface area contributed by atoms with Crippen molar-refractivity contribution in [3.8, 4) is 0 Å². The van der Waals surface area contributed by atoms with Crippen molar-refractivity contribution in [1.29, 1.82) is 0 Å². The summed E-state index contributed by atoms with van der Waals surface area (Å²) in [4.78, 5) is 27.0. The number of halogens is 6. The number of hydrogen-bond acceptors (Lipinski definition) is 3. The fraction of sp³-hybridized carbons (Fsp3) is 0.462. The second-order valence-corrected chi connectivity index (χ2v) is 9.01. The van der Waals surface area contributed by atoms with E-state index in [0.717, 1.165) is 35.3 Å². The molecule has 0 aromatic heterocycles. The smallest absolute Gasteiger partial charge is 0.416 e. The molecular weight excluding hydrogens is 518 g/mol. The molecule has 3 rings (SSSR count). The van der Waals surface area contributed by atoms with Crippen LogP contribution in [0, 0.1) is 0 Å². The van der Waals surface area contributed by atoms with Gasteiger partial charge in [-0.3, -0.25) is 9.80 Å². The molecule has 0 unspecified atom stereocenters. The van der Waals surface area contributed by atoms with Crippen molar-refractivity contribution in [3.05, 3.63) is 63.7 Å². The SMILES string of the molecule is CCCN(C(=O)OCC)c1cc2c(cc1CN(Cc1cc(C(F)(F)F)cc(C(F)(F)F)c1)C(=O)O)CCC2. The molecule has 1 aliphatic rings. The summed E-state index contributed by atoms with van der Waals surface area (Å²) in [7, 11) is 0. The lowest BCUT2D eigenvalue weighted by atomic mass is 10.0. The van der Waals surface area contributed by atoms with E-state index in [0.29, 0.717) is 29.8 Å². The quantitative estimate of drug-likeness (QED) is 0.354. The maximum absolute atomic E-state index is 13.3. The first-order valence-electron chi connectivity index (χ1n) is 12.1. The molecule has 12 heteroatoms. The second kappa shape index (κ2) is 11.5. The Hall–Kier alpha value is -3.44. The van der Waals surface area contributed by atoms with Crippen molar-refractivity contribution in [2.24, 2.45) is 0 Å². The number of nitrogens with zero attached hydrogens (tertiary/aromatic N) is 2. The van der Waals surface area contributed by atoms with Crippen molar-refractivity contribution in [2.75, 3.05) is 18.1 Å². The summed E-state index contributed by atoms with van der Waals surface area (Å²) in [6.07, 6.45) is -9.39. The topological polar surface area (TPSA) is 70.1 Å². The lowest BCUT2D eigenvalue weighted by Crippen LogP contribution is -2.35. The molecule has 0 aliphatic heterocycles. The number of carbonyl (C=O) groups excluding carboxylic acids is 1. The predicted octanol–water partition coefficient (Wildman–Crippen LogP) is 7.27. The standard InChI is InChI=1S/C26H28F6N2O4/c1-3-8-34(24(37)38-4-2)22-12-18-7-5-6-17(18)11-19(22)15-33(23(35)36)14-16-9-20(25(27,28)29)13-21(10-16)26(30,31)32/h9-13H,3-8,14-15H2,1-2H3,(H,35,36). The van der Waals surface area contributed by atoms with Crippen LogP contribution < -0.4 is 4.90 Å². The molecule has 38 heavy (non-hydrogen) atoms. The van der Waals surface area contributed by atoms with Crippen LogP contribution in [0.2, 0.25) is 0 Å². The summed E-state index contributed by atoms with van der Waals surface area (Å²) >= 11 is 0. The highest BCUT2D eigenvalue weighted by atomic mass is 19.4. The number of anilines is 1. The second-order valence-electron chi connectivity index (χ2n) is 9.01. The summed E-state index contributed by atoms with van der Waals surface area (Å²) in [6.45, 7) is 2.76. The van der Waals surface area contributed by atoms with Crippen molar-refractivity contribution in [1.82, 2.24) is 4.90 Å². The van der Waals surface area contributed by atoms with E-state index in [2.05, 4.69) is 0 Å². The summed E-state index contributed by atoms with van der Waals surface area (Å²) < 4.78 is 85.0. The van der Waals surface area contributed by atoms with Gasteiger partial charge in [-0.1, -0.05) is 13.0 Å². The molecule has 0 fully saturated rings. The Balaban J connectivity index is 2.04. The zero-order chi connectivity index (χ0) is 28.3. The normalized spacial score (nSPS) is 13.3. The van der Waals surface area contributed by atoms with E-state index in [1.165, 1.54) is 4.90 Å². The van der Waals surface area contributed by atoms with E-state index in [-0.39, 0.29) is 25.8 Å². The number of hydrogen-bond donors (Lipinski definition) is 1. The number of carbonyl (C=O) groups is 2. The highest BCUT2D eigenvalue weighted by molar-refractivity contribution is 5.89. The van der Waals surface area contributed by atoms with Crippen molar-refractivity contribution in [2.45, 2.75) is 65.0 Å². The van der Waals surface area contributed by atoms with Crippen molar-refractivity contribution in [3.63, 3.8) is 0 Å². The lowest BCUT2D eigenvalue weighted by Gasteiger charge is -2.28. The number of aryl methyl sites for hydroxylation is 2. The molecule has 1 aliphatic carbocycles. The van der Waals surface area contributed by atoms with E-state index >= 15 is 0 Å². The molecule has 2 aromatic carbocycles. The minimum absolute atomic E-state index is 0.00478. The summed E-state index contributed by atoms with van der Waals surface area (Å²) in [5, 5.41) is 9.85. The average molecular weight is 547 g/mol. The van der Waals surface area contributed by atoms with Gasteiger partial charge in [-0.05, 0) is 79.1 Å². The summed E-state index contributed by atoms with van der Waals surface area (Å²) in [6, 6.07) is 4.56. The zero-order valence-electron chi connectivity index (χ0n) is 20.9. The first kappa shape index (κ1) is 29.1. The van der Waals surface area contributed by atoms with Gasteiger partial charge in [-0.15, -0.1) is 0 Å². The van der Waals surface area contributed by atoms with E-state index < -0.39 is 47.8 Å². The number of ether oxygens (including phenoxy) is 1. The number of alkyl halides is 6. The van der Waals surface area contributed by atoms with Gasteiger partial charge in [-0.2, -0.15) is 26.3 Å². The fourth-order valence-electron chi connectivity index (χ4n) is 4.50. The number of fused-ring (bicyclic) bond motifs is 1. The van der Waals surface area contributed by atoms with Crippen molar-refractivity contribution >= 4 is 17.9 Å². The number of rotatable bonds is 8. The molecule has 0 bridgehead atoms. The van der Waals surface area contributed by atoms with Gasteiger partial charge in [0.25, 0.3) is 0 Å². The van der Waals surface area contributed by atoms with Gasteiger partial charge in [0.15, 0.2) is 0 Å². The highest BCUT2D eigenvalue weighted by Gasteiger charge is 2.37. The van der Waals surface area contributed by atoms with Gasteiger partial charge in [0.1, 0.15) is 0 Å². The van der Waals surface area contributed by atoms with Gasteiger partial charge >= 0.3 is 24.5 Å². The molecule has 0 atom stereocenters. The zero-order valence-corrected chi connectivity index (χ0v) is 20.9. The summed E-state index contributed by atoms with van der Waals surface area (Å²) in [5.41, 5.74) is -0.774. The third-order valence-electron chi connectivity index (χ3n) is 6.17. The Labute approximate surface area is 215 Å². The largest absolute Gasteiger partial charge is 0.465 e. The van der Waals surface area contributed by atoms with Crippen LogP contribution in [-0.2, 0) is 43.0 Å². The molecule has 208 valence electrons. The third kappa shape index (κ3) is 6.90. The molecule has 2 amide bonds. The van der Waals surface area contributed by atoms with Gasteiger partial charge < -0.3 is 9.84 Å². The predicted molar refractivity (Wildman–Crippen MR) is 127 cm³/mol. The molecule has 1 N–H and O–H groups in total. The number of carboxylic acid groups (broad SMARTS) is 1. The molecular formula is C26H28F6N2O4. The minimum atomic E-state index is -5.06. The maximum atomic E-state index is 13.3. The van der Waals surface area contributed by atoms with Crippen LogP contribution in [0.25, 0.3) is 0 Å². The highest BCUT2D eigenvalue weighted by Crippen LogP contribution is 2.37. The fourth-order valence-corrected chi connectivity index (χ4v) is 4.50. The molecule has 0 saturated carbocycles. The molecule has 6 nitrogen and oxygen atoms in total. The van der Waals surface area contributed by atoms with E-state index in [1.54, 1.807) is 19.1 Å². The van der Waals surface area contributed by atoms with E-state index in [9.17, 15) is 41.0 Å². The van der Waals surface area contributed by atoms with Crippen LogP contribution in [0.15, 0.2) is 30.3 Å². The number of amides is 2. The average Bonchev–Trinajstić information content (AvgIpc) is 3.28. The van der Waals surface area contributed by atoms with Crippen LogP contribution >= 0.6 is 0 Å². The third-order valence-corrected chi connectivity index (χ3v) is 6.17. The Morgan fingerprint density at radius 1 is 0.895 bits per heavy atom. The van der Waals surface area contributed by atoms with E-state index in [1.807, 2.05) is 6.92 Å². The van der Waals surface area contributed by atoms with E-state index in [4.69, 9.17) is 4.74 Å². The number of benzene rings is 2. The Morgan fingerprint density at radius 2 is 1.47 bits per heavy atom. The molecule has 0 heterocycles. The Bertz CT molecular complexity index is 1150. The van der Waals surface area contributed by atoms with Crippen molar-refractivity contribution < 1.29 is 45.8 Å². The first-order valence-corrected chi connectivity index (χ1v) is 12.1. The van der Waals surface area contributed by atoms with Gasteiger partial charge in [0.2, 0.25) is 0 Å². The van der Waals surface area contributed by atoms with Crippen LogP contribution in [0.3, 0.4) is 0 Å². The van der Waals surface area contributed by atoms with Crippen LogP contribution in [0.1, 0.15) is 60.1 Å². The Kier molecular flexibility index (Phi) is 8.83. The first-order chi connectivity index (χ1) is 17.7. The van der Waals surface area contributed by atoms with Crippen LogP contribution in [0.5, 0.6) is 0 Å². The van der Waals surface area contributed by atoms with Gasteiger partial charge in [-0.25, -0.2) is 9.59 Å². The Morgan fingerprint density at radius 3 is 1.97 bits per heavy atom.